The average Bonchev–Trinajstić information content (AvgIpc) is 2.95. The number of pyridine rings is 1. The Morgan fingerprint density at radius 1 is 1.23 bits per heavy atom. The van der Waals surface area contributed by atoms with Gasteiger partial charge in [0.25, 0.3) is 5.56 Å². The molecule has 31 heavy (non-hydrogen) atoms. The number of rotatable bonds is 4. The number of anilines is 1. The molecule has 8 heteroatoms. The number of halogens is 2. The maximum Gasteiger partial charge on any atom is 0.251 e. The number of carbonyl (C=O) groups is 1. The zero-order valence-corrected chi connectivity index (χ0v) is 18.1. The molecule has 1 atom stereocenters. The van der Waals surface area contributed by atoms with Crippen LogP contribution < -0.4 is 15.8 Å². The summed E-state index contributed by atoms with van der Waals surface area (Å²) < 4.78 is 27.4. The molecule has 166 valence electrons. The van der Waals surface area contributed by atoms with Crippen LogP contribution in [0.15, 0.2) is 29.1 Å². The van der Waals surface area contributed by atoms with Crippen molar-refractivity contribution in [3.63, 3.8) is 0 Å². The van der Waals surface area contributed by atoms with E-state index in [0.717, 1.165) is 25.7 Å². The van der Waals surface area contributed by atoms with E-state index in [1.807, 2.05) is 13.8 Å². The lowest BCUT2D eigenvalue weighted by molar-refractivity contribution is -0.120. The predicted octanol–water partition coefficient (Wildman–Crippen LogP) is 2.16. The normalized spacial score (nSPS) is 20.7. The number of hydrogen-bond acceptors (Lipinski definition) is 4. The van der Waals surface area contributed by atoms with Crippen molar-refractivity contribution >= 4 is 11.6 Å². The lowest BCUT2D eigenvalue weighted by Crippen LogP contribution is -2.52. The highest BCUT2D eigenvalue weighted by molar-refractivity contribution is 5.97. The SMILES string of the molecule is C[C@@H]1CN(CC(=O)N2CC(C)(C)c3[nH]c(=O)c(Cc4ccc(F)cc4F)cc32)CCN1. The number of piperazine rings is 1. The number of hydrogen-bond donors (Lipinski definition) is 2. The summed E-state index contributed by atoms with van der Waals surface area (Å²) >= 11 is 0. The molecule has 2 aliphatic heterocycles. The van der Waals surface area contributed by atoms with E-state index in [4.69, 9.17) is 0 Å². The van der Waals surface area contributed by atoms with E-state index in [1.165, 1.54) is 12.1 Å². The quantitative estimate of drug-likeness (QED) is 0.780. The molecule has 1 amide bonds. The summed E-state index contributed by atoms with van der Waals surface area (Å²) in [6.07, 6.45) is 0.0203. The third-order valence-electron chi connectivity index (χ3n) is 6.13. The summed E-state index contributed by atoms with van der Waals surface area (Å²) in [4.78, 5) is 32.7. The molecule has 2 N–H and O–H groups in total. The predicted molar refractivity (Wildman–Crippen MR) is 116 cm³/mol. The first kappa shape index (κ1) is 21.6. The van der Waals surface area contributed by atoms with Gasteiger partial charge < -0.3 is 15.2 Å². The van der Waals surface area contributed by atoms with Gasteiger partial charge in [0.15, 0.2) is 0 Å². The fraction of sp³-hybridized carbons (Fsp3) is 0.478. The first-order valence-corrected chi connectivity index (χ1v) is 10.6. The van der Waals surface area contributed by atoms with Crippen LogP contribution in [0.3, 0.4) is 0 Å². The Kier molecular flexibility index (Phi) is 5.70. The molecule has 0 unspecified atom stereocenters. The van der Waals surface area contributed by atoms with Crippen LogP contribution in [0.25, 0.3) is 0 Å². The first-order valence-electron chi connectivity index (χ1n) is 10.6. The monoisotopic (exact) mass is 430 g/mol. The second-order valence-electron chi connectivity index (χ2n) is 9.25. The number of nitrogens with zero attached hydrogens (tertiary/aromatic N) is 2. The second-order valence-corrected chi connectivity index (χ2v) is 9.25. The number of H-pyrrole nitrogens is 1. The van der Waals surface area contributed by atoms with E-state index < -0.39 is 17.0 Å². The molecule has 4 rings (SSSR count). The Morgan fingerprint density at radius 2 is 2.00 bits per heavy atom. The van der Waals surface area contributed by atoms with Crippen molar-refractivity contribution in [3.05, 3.63) is 63.1 Å². The molecule has 0 bridgehead atoms. The molecule has 3 heterocycles. The maximum absolute atomic E-state index is 14.1. The largest absolute Gasteiger partial charge is 0.323 e. The maximum atomic E-state index is 14.1. The molecule has 1 saturated heterocycles. The van der Waals surface area contributed by atoms with Gasteiger partial charge in [-0.25, -0.2) is 8.78 Å². The van der Waals surface area contributed by atoms with Gasteiger partial charge in [0.1, 0.15) is 11.6 Å². The number of amides is 1. The molecule has 6 nitrogen and oxygen atoms in total. The van der Waals surface area contributed by atoms with E-state index in [0.29, 0.717) is 36.1 Å². The summed E-state index contributed by atoms with van der Waals surface area (Å²) in [7, 11) is 0. The molecule has 1 aromatic carbocycles. The van der Waals surface area contributed by atoms with Gasteiger partial charge in [-0.2, -0.15) is 0 Å². The molecule has 0 aliphatic carbocycles. The number of carbonyl (C=O) groups excluding carboxylic acids is 1. The van der Waals surface area contributed by atoms with Crippen LogP contribution >= 0.6 is 0 Å². The van der Waals surface area contributed by atoms with E-state index in [-0.39, 0.29) is 23.5 Å². The molecule has 1 fully saturated rings. The smallest absolute Gasteiger partial charge is 0.251 e. The highest BCUT2D eigenvalue weighted by Crippen LogP contribution is 2.39. The average molecular weight is 430 g/mol. The third-order valence-corrected chi connectivity index (χ3v) is 6.13. The summed E-state index contributed by atoms with van der Waals surface area (Å²) in [6.45, 7) is 9.30. The summed E-state index contributed by atoms with van der Waals surface area (Å²) in [5.41, 5.74) is 1.23. The van der Waals surface area contributed by atoms with Crippen molar-refractivity contribution in [3.8, 4) is 0 Å². The second kappa shape index (κ2) is 8.16. The molecular formula is C23H28F2N4O2. The van der Waals surface area contributed by atoms with Crippen LogP contribution in [-0.2, 0) is 16.6 Å². The zero-order chi connectivity index (χ0) is 22.3. The number of nitrogens with one attached hydrogen (secondary N) is 2. The minimum atomic E-state index is -0.694. The lowest BCUT2D eigenvalue weighted by atomic mass is 9.91. The lowest BCUT2D eigenvalue weighted by Gasteiger charge is -2.32. The minimum absolute atomic E-state index is 0.0203. The van der Waals surface area contributed by atoms with E-state index in [1.54, 1.807) is 11.0 Å². The van der Waals surface area contributed by atoms with Crippen LogP contribution in [0.2, 0.25) is 0 Å². The van der Waals surface area contributed by atoms with Crippen molar-refractivity contribution in [2.45, 2.75) is 38.6 Å². The van der Waals surface area contributed by atoms with Gasteiger partial charge in [0.2, 0.25) is 5.91 Å². The van der Waals surface area contributed by atoms with E-state index >= 15 is 0 Å². The Bertz CT molecular complexity index is 1070. The molecule has 0 radical (unpaired) electrons. The van der Waals surface area contributed by atoms with Gasteiger partial charge in [-0.1, -0.05) is 19.9 Å². The molecular weight excluding hydrogens is 402 g/mol. The third kappa shape index (κ3) is 4.41. The number of aromatic nitrogens is 1. The fourth-order valence-electron chi connectivity index (χ4n) is 4.51. The number of fused-ring (bicyclic) bond motifs is 1. The van der Waals surface area contributed by atoms with Gasteiger partial charge in [-0.3, -0.25) is 14.5 Å². The fourth-order valence-corrected chi connectivity index (χ4v) is 4.51. The van der Waals surface area contributed by atoms with Crippen molar-refractivity contribution < 1.29 is 13.6 Å². The first-order chi connectivity index (χ1) is 14.6. The molecule has 1 aromatic heterocycles. The summed E-state index contributed by atoms with van der Waals surface area (Å²) in [6, 6.07) is 5.34. The molecule has 2 aliphatic rings. The van der Waals surface area contributed by atoms with Gasteiger partial charge in [0.05, 0.1) is 12.2 Å². The Labute approximate surface area is 180 Å². The number of aromatic amines is 1. The van der Waals surface area contributed by atoms with Crippen LogP contribution in [0.1, 0.15) is 37.6 Å². The Morgan fingerprint density at radius 3 is 2.71 bits per heavy atom. The molecule has 0 spiro atoms. The highest BCUT2D eigenvalue weighted by Gasteiger charge is 2.40. The van der Waals surface area contributed by atoms with Gasteiger partial charge in [-0.05, 0) is 24.6 Å². The van der Waals surface area contributed by atoms with Crippen LogP contribution in [0.4, 0.5) is 14.5 Å². The van der Waals surface area contributed by atoms with Crippen LogP contribution in [0, 0.1) is 11.6 Å². The van der Waals surface area contributed by atoms with Gasteiger partial charge >= 0.3 is 0 Å². The van der Waals surface area contributed by atoms with Crippen molar-refractivity contribution in [2.24, 2.45) is 0 Å². The standard InChI is InChI=1S/C23H28F2N4O2/c1-14-11-28(7-6-26-14)12-20(30)29-13-23(2,3)21-19(29)9-16(22(31)27-21)8-15-4-5-17(24)10-18(15)25/h4-5,9-10,14,26H,6-8,11-13H2,1-3H3,(H,27,31)/t14-/m1/s1. The Balaban J connectivity index is 1.63. The summed E-state index contributed by atoms with van der Waals surface area (Å²) in [5.74, 6) is -1.38. The molecule has 2 aromatic rings. The summed E-state index contributed by atoms with van der Waals surface area (Å²) in [5, 5.41) is 3.37. The van der Waals surface area contributed by atoms with Crippen molar-refractivity contribution in [1.29, 1.82) is 0 Å². The molecule has 0 saturated carbocycles. The number of benzene rings is 1. The van der Waals surface area contributed by atoms with Gasteiger partial charge in [-0.15, -0.1) is 0 Å². The zero-order valence-electron chi connectivity index (χ0n) is 18.1. The minimum Gasteiger partial charge on any atom is -0.323 e. The topological polar surface area (TPSA) is 68.4 Å². The Hall–Kier alpha value is -2.58. The highest BCUT2D eigenvalue weighted by atomic mass is 19.1. The van der Waals surface area contributed by atoms with Crippen molar-refractivity contribution in [1.82, 2.24) is 15.2 Å². The van der Waals surface area contributed by atoms with Crippen molar-refractivity contribution in [2.75, 3.05) is 37.6 Å². The van der Waals surface area contributed by atoms with E-state index in [2.05, 4.69) is 22.1 Å². The van der Waals surface area contributed by atoms with Crippen LogP contribution in [-0.4, -0.2) is 54.6 Å². The van der Waals surface area contributed by atoms with Crippen LogP contribution in [0.5, 0.6) is 0 Å². The van der Waals surface area contributed by atoms with E-state index in [9.17, 15) is 18.4 Å². The van der Waals surface area contributed by atoms with Gasteiger partial charge in [0, 0.05) is 61.4 Å².